The number of nitriles is 1. The average molecular weight is 469 g/mol. The van der Waals surface area contributed by atoms with Crippen LogP contribution in [0.25, 0.3) is 16.7 Å². The maximum absolute atomic E-state index is 13.3. The van der Waals surface area contributed by atoms with Crippen LogP contribution in [0.2, 0.25) is 0 Å². The number of aliphatic hydroxyl groups excluding tert-OH is 2. The Bertz CT molecular complexity index is 1150. The van der Waals surface area contributed by atoms with Gasteiger partial charge in [0.05, 0.1) is 47.0 Å². The summed E-state index contributed by atoms with van der Waals surface area (Å²) in [6.07, 6.45) is 0.519. The zero-order valence-electron chi connectivity index (χ0n) is 16.4. The van der Waals surface area contributed by atoms with E-state index in [1.807, 2.05) is 34.6 Å². The molecule has 7 nitrogen and oxygen atoms in total. The topological polar surface area (TPSA) is 102 Å². The number of pyridine rings is 1. The molecule has 0 spiro atoms. The molecule has 0 unspecified atom stereocenters. The van der Waals surface area contributed by atoms with Crippen LogP contribution in [0.1, 0.15) is 28.0 Å². The highest BCUT2D eigenvalue weighted by molar-refractivity contribution is 9.10. The summed E-state index contributed by atoms with van der Waals surface area (Å²) in [4.78, 5) is 19.6. The SMILES string of the molecule is Cc1c(C(=O)CN2CC[C@@H](O)[C@@H](O)C2)c2ncc(Br)cc2n1-c1ccc(C#N)cc1. The van der Waals surface area contributed by atoms with Crippen LogP contribution in [-0.4, -0.2) is 62.3 Å². The van der Waals surface area contributed by atoms with E-state index < -0.39 is 12.2 Å². The number of halogens is 1. The fourth-order valence-electron chi connectivity index (χ4n) is 4.02. The third kappa shape index (κ3) is 3.77. The molecule has 154 valence electrons. The van der Waals surface area contributed by atoms with Crippen molar-refractivity contribution >= 4 is 32.7 Å². The molecule has 1 aliphatic heterocycles. The molecular formula is C22H21BrN4O3. The van der Waals surface area contributed by atoms with Crippen molar-refractivity contribution in [3.8, 4) is 11.8 Å². The molecular weight excluding hydrogens is 448 g/mol. The number of ketones is 1. The number of aromatic nitrogens is 2. The van der Waals surface area contributed by atoms with Crippen LogP contribution in [0.5, 0.6) is 0 Å². The summed E-state index contributed by atoms with van der Waals surface area (Å²) >= 11 is 3.46. The number of nitrogens with zero attached hydrogens (tertiary/aromatic N) is 4. The third-order valence-corrected chi connectivity index (χ3v) is 5.97. The molecule has 0 aliphatic carbocycles. The lowest BCUT2D eigenvalue weighted by atomic mass is 10.0. The van der Waals surface area contributed by atoms with Gasteiger partial charge in [-0.3, -0.25) is 14.7 Å². The molecule has 8 heteroatoms. The Morgan fingerprint density at radius 3 is 2.70 bits per heavy atom. The van der Waals surface area contributed by atoms with E-state index in [9.17, 15) is 15.0 Å². The number of likely N-dealkylation sites (tertiary alicyclic amines) is 1. The number of β-amino-alcohol motifs (C(OH)–C–C–N with tert-alkyl or cyclic N) is 1. The maximum Gasteiger partial charge on any atom is 0.180 e. The summed E-state index contributed by atoms with van der Waals surface area (Å²) in [5, 5.41) is 28.7. The summed E-state index contributed by atoms with van der Waals surface area (Å²) < 4.78 is 2.77. The average Bonchev–Trinajstić information content (AvgIpc) is 3.02. The molecule has 0 saturated carbocycles. The van der Waals surface area contributed by atoms with Gasteiger partial charge in [0, 0.05) is 35.1 Å². The molecule has 4 rings (SSSR count). The lowest BCUT2D eigenvalue weighted by Crippen LogP contribution is -2.48. The van der Waals surface area contributed by atoms with E-state index in [0.29, 0.717) is 29.6 Å². The minimum atomic E-state index is -0.846. The van der Waals surface area contributed by atoms with Crippen molar-refractivity contribution in [2.75, 3.05) is 19.6 Å². The van der Waals surface area contributed by atoms with Gasteiger partial charge in [-0.25, -0.2) is 0 Å². The van der Waals surface area contributed by atoms with Crippen LogP contribution in [0.3, 0.4) is 0 Å². The van der Waals surface area contributed by atoms with E-state index in [0.717, 1.165) is 21.4 Å². The third-order valence-electron chi connectivity index (χ3n) is 5.54. The number of Topliss-reactive ketones (excluding diaryl/α,β-unsaturated/α-hetero) is 1. The minimum absolute atomic E-state index is 0.0803. The number of fused-ring (bicyclic) bond motifs is 1. The van der Waals surface area contributed by atoms with E-state index in [-0.39, 0.29) is 18.9 Å². The quantitative estimate of drug-likeness (QED) is 0.570. The Morgan fingerprint density at radius 2 is 2.03 bits per heavy atom. The first-order valence-corrected chi connectivity index (χ1v) is 10.5. The molecule has 1 fully saturated rings. The molecule has 0 radical (unpaired) electrons. The second-order valence-corrected chi connectivity index (χ2v) is 8.47. The normalized spacial score (nSPS) is 19.7. The summed E-state index contributed by atoms with van der Waals surface area (Å²) in [7, 11) is 0. The Hall–Kier alpha value is -2.57. The Labute approximate surface area is 182 Å². The van der Waals surface area contributed by atoms with Crippen molar-refractivity contribution < 1.29 is 15.0 Å². The largest absolute Gasteiger partial charge is 0.390 e. The monoisotopic (exact) mass is 468 g/mol. The van der Waals surface area contributed by atoms with E-state index >= 15 is 0 Å². The lowest BCUT2D eigenvalue weighted by molar-refractivity contribution is -0.0363. The summed E-state index contributed by atoms with van der Waals surface area (Å²) in [6, 6.07) is 11.2. The molecule has 0 amide bonds. The van der Waals surface area contributed by atoms with Crippen molar-refractivity contribution in [1.82, 2.24) is 14.5 Å². The molecule has 2 atom stereocenters. The molecule has 0 bridgehead atoms. The van der Waals surface area contributed by atoms with Gasteiger partial charge >= 0.3 is 0 Å². The number of benzene rings is 1. The zero-order valence-corrected chi connectivity index (χ0v) is 18.0. The van der Waals surface area contributed by atoms with Gasteiger partial charge in [-0.05, 0) is 59.6 Å². The number of hydrogen-bond acceptors (Lipinski definition) is 6. The maximum atomic E-state index is 13.3. The van der Waals surface area contributed by atoms with E-state index in [2.05, 4.69) is 27.0 Å². The highest BCUT2D eigenvalue weighted by Gasteiger charge is 2.29. The number of carbonyl (C=O) groups is 1. The van der Waals surface area contributed by atoms with Crippen molar-refractivity contribution in [3.63, 3.8) is 0 Å². The van der Waals surface area contributed by atoms with Crippen LogP contribution in [-0.2, 0) is 0 Å². The Kier molecular flexibility index (Phi) is 5.71. The number of rotatable bonds is 4. The second-order valence-electron chi connectivity index (χ2n) is 7.56. The predicted octanol–water partition coefficient (Wildman–Crippen LogP) is 2.58. The minimum Gasteiger partial charge on any atom is -0.390 e. The molecule has 1 aromatic carbocycles. The first-order valence-electron chi connectivity index (χ1n) is 9.68. The van der Waals surface area contributed by atoms with E-state index in [4.69, 9.17) is 5.26 Å². The number of carbonyl (C=O) groups excluding carboxylic acids is 1. The Balaban J connectivity index is 1.76. The molecule has 2 N–H and O–H groups in total. The molecule has 1 aliphatic rings. The molecule has 3 heterocycles. The van der Waals surface area contributed by atoms with Gasteiger partial charge in [-0.1, -0.05) is 0 Å². The fourth-order valence-corrected chi connectivity index (χ4v) is 4.34. The Morgan fingerprint density at radius 1 is 1.30 bits per heavy atom. The van der Waals surface area contributed by atoms with Gasteiger partial charge in [0.2, 0.25) is 0 Å². The summed E-state index contributed by atoms with van der Waals surface area (Å²) in [6.45, 7) is 2.85. The van der Waals surface area contributed by atoms with Crippen molar-refractivity contribution in [1.29, 1.82) is 5.26 Å². The fraction of sp³-hybridized carbons (Fsp3) is 0.318. The predicted molar refractivity (Wildman–Crippen MR) is 116 cm³/mol. The van der Waals surface area contributed by atoms with Gasteiger partial charge in [0.25, 0.3) is 0 Å². The molecule has 3 aromatic rings. The standard InChI is InChI=1S/C22H21BrN4O3/c1-13-21(20(30)12-26-7-6-18(28)19(29)11-26)22-17(8-15(23)10-25-22)27(13)16-4-2-14(9-24)3-5-16/h2-5,8,10,18-19,28-29H,6-7,11-12H2,1H3/t18-,19+/m1/s1. The van der Waals surface area contributed by atoms with Crippen molar-refractivity contribution in [2.45, 2.75) is 25.6 Å². The first kappa shape index (κ1) is 20.7. The lowest BCUT2D eigenvalue weighted by Gasteiger charge is -2.32. The molecule has 2 aromatic heterocycles. The van der Waals surface area contributed by atoms with Crippen LogP contribution >= 0.6 is 15.9 Å². The van der Waals surface area contributed by atoms with Crippen molar-refractivity contribution in [2.24, 2.45) is 0 Å². The number of aliphatic hydroxyl groups is 2. The van der Waals surface area contributed by atoms with Gasteiger partial charge in [0.15, 0.2) is 5.78 Å². The summed E-state index contributed by atoms with van der Waals surface area (Å²) in [5.41, 5.74) is 4.12. The molecule has 1 saturated heterocycles. The van der Waals surface area contributed by atoms with Crippen LogP contribution in [0.15, 0.2) is 41.0 Å². The van der Waals surface area contributed by atoms with Gasteiger partial charge in [-0.2, -0.15) is 5.26 Å². The van der Waals surface area contributed by atoms with Crippen LogP contribution in [0.4, 0.5) is 0 Å². The summed E-state index contributed by atoms with van der Waals surface area (Å²) in [5.74, 6) is -0.0803. The highest BCUT2D eigenvalue weighted by atomic mass is 79.9. The van der Waals surface area contributed by atoms with Gasteiger partial charge in [0.1, 0.15) is 0 Å². The van der Waals surface area contributed by atoms with Gasteiger partial charge in [-0.15, -0.1) is 0 Å². The highest BCUT2D eigenvalue weighted by Crippen LogP contribution is 2.30. The van der Waals surface area contributed by atoms with Crippen LogP contribution in [0, 0.1) is 18.3 Å². The van der Waals surface area contributed by atoms with E-state index in [1.54, 1.807) is 18.3 Å². The smallest absolute Gasteiger partial charge is 0.180 e. The number of hydrogen-bond donors (Lipinski definition) is 2. The zero-order chi connectivity index (χ0) is 21.4. The second kappa shape index (κ2) is 8.28. The van der Waals surface area contributed by atoms with Crippen LogP contribution < -0.4 is 0 Å². The molecule has 30 heavy (non-hydrogen) atoms. The number of piperidine rings is 1. The van der Waals surface area contributed by atoms with E-state index in [1.165, 1.54) is 0 Å². The first-order chi connectivity index (χ1) is 14.4. The van der Waals surface area contributed by atoms with Crippen molar-refractivity contribution in [3.05, 3.63) is 57.8 Å². The van der Waals surface area contributed by atoms with Gasteiger partial charge < -0.3 is 14.8 Å².